The van der Waals surface area contributed by atoms with Crippen LogP contribution in [0.4, 0.5) is 0 Å². The van der Waals surface area contributed by atoms with Crippen molar-refractivity contribution in [1.82, 2.24) is 14.5 Å². The van der Waals surface area contributed by atoms with Crippen molar-refractivity contribution in [3.8, 4) is 11.5 Å². The van der Waals surface area contributed by atoms with E-state index in [1.807, 2.05) is 54.3 Å². The molecule has 2 aliphatic rings. The summed E-state index contributed by atoms with van der Waals surface area (Å²) in [6, 6.07) is 15.6. The molecule has 1 fully saturated rings. The molecule has 6 heteroatoms. The maximum absolute atomic E-state index is 13.3. The van der Waals surface area contributed by atoms with Crippen LogP contribution >= 0.6 is 0 Å². The molecule has 2 aliphatic heterocycles. The molecule has 2 aromatic heterocycles. The van der Waals surface area contributed by atoms with E-state index in [9.17, 15) is 9.90 Å². The molecule has 4 heterocycles. The quantitative estimate of drug-likeness (QED) is 0.396. The van der Waals surface area contributed by atoms with Crippen LogP contribution in [-0.4, -0.2) is 31.9 Å². The number of fused-ring (bicyclic) bond motifs is 2. The number of para-hydroxylation sites is 1. The molecule has 6 rings (SSSR count). The maximum atomic E-state index is 13.3. The number of ether oxygens (including phenoxy) is 1. The maximum Gasteiger partial charge on any atom is 0.231 e. The first-order chi connectivity index (χ1) is 17.1. The summed E-state index contributed by atoms with van der Waals surface area (Å²) in [5, 5.41) is 11.9. The van der Waals surface area contributed by atoms with Crippen molar-refractivity contribution >= 4 is 22.8 Å². The van der Waals surface area contributed by atoms with E-state index in [2.05, 4.69) is 22.0 Å². The van der Waals surface area contributed by atoms with Crippen molar-refractivity contribution in [1.29, 1.82) is 0 Å². The number of likely N-dealkylation sites (tertiary alicyclic amines) is 1. The zero-order valence-corrected chi connectivity index (χ0v) is 19.6. The minimum atomic E-state index is -0.156. The average molecular weight is 466 g/mol. The van der Waals surface area contributed by atoms with Gasteiger partial charge in [0.2, 0.25) is 5.78 Å². The molecule has 1 saturated heterocycles. The largest absolute Gasteiger partial charge is 0.507 e. The lowest BCUT2D eigenvalue weighted by Crippen LogP contribution is -2.33. The van der Waals surface area contributed by atoms with Crippen LogP contribution in [0.15, 0.2) is 72.9 Å². The Morgan fingerprint density at radius 2 is 2.03 bits per heavy atom. The van der Waals surface area contributed by atoms with Crippen LogP contribution in [-0.2, 0) is 13.6 Å². The molecule has 0 saturated carbocycles. The van der Waals surface area contributed by atoms with E-state index in [1.165, 1.54) is 5.56 Å². The zero-order chi connectivity index (χ0) is 23.9. The van der Waals surface area contributed by atoms with Gasteiger partial charge in [-0.3, -0.25) is 14.7 Å². The highest BCUT2D eigenvalue weighted by Crippen LogP contribution is 2.42. The number of phenolic OH excluding ortho intramolecular Hbond substituents is 1. The number of aryl methyl sites for hydroxylation is 1. The fourth-order valence-electron chi connectivity index (χ4n) is 5.41. The second-order valence-corrected chi connectivity index (χ2v) is 9.36. The third-order valence-corrected chi connectivity index (χ3v) is 7.17. The first-order valence-corrected chi connectivity index (χ1v) is 12.1. The number of rotatable bonds is 4. The Kier molecular flexibility index (Phi) is 5.38. The predicted molar refractivity (Wildman–Crippen MR) is 135 cm³/mol. The Balaban J connectivity index is 1.35. The van der Waals surface area contributed by atoms with Gasteiger partial charge in [-0.2, -0.15) is 0 Å². The molecule has 4 aromatic rings. The van der Waals surface area contributed by atoms with Gasteiger partial charge in [-0.1, -0.05) is 30.7 Å². The molecule has 0 radical (unpaired) electrons. The predicted octanol–water partition coefficient (Wildman–Crippen LogP) is 5.62. The van der Waals surface area contributed by atoms with E-state index >= 15 is 0 Å². The normalized spacial score (nSPS) is 19.3. The lowest BCUT2D eigenvalue weighted by molar-refractivity contribution is 0.101. The SMILES string of the molecule is Cn1cc(/C=C2\Oc3c(ccc(O)c3CN3CCCC[C@H]3c3cccnc3)C2=O)c2ccccc21. The third-order valence-electron chi connectivity index (χ3n) is 7.17. The first kappa shape index (κ1) is 21.6. The lowest BCUT2D eigenvalue weighted by Gasteiger charge is -2.36. The van der Waals surface area contributed by atoms with Crippen LogP contribution in [0.5, 0.6) is 11.5 Å². The molecule has 1 atom stereocenters. The lowest BCUT2D eigenvalue weighted by atomic mass is 9.95. The van der Waals surface area contributed by atoms with Crippen LogP contribution in [0.3, 0.4) is 0 Å². The summed E-state index contributed by atoms with van der Waals surface area (Å²) in [7, 11) is 1.99. The number of pyridine rings is 1. The van der Waals surface area contributed by atoms with Crippen LogP contribution in [0.2, 0.25) is 0 Å². The number of hydrogen-bond acceptors (Lipinski definition) is 5. The zero-order valence-electron chi connectivity index (χ0n) is 19.6. The number of aromatic hydroxyl groups is 1. The fourth-order valence-corrected chi connectivity index (χ4v) is 5.41. The number of phenols is 1. The molecule has 6 nitrogen and oxygen atoms in total. The van der Waals surface area contributed by atoms with E-state index in [0.717, 1.165) is 42.3 Å². The highest BCUT2D eigenvalue weighted by molar-refractivity contribution is 6.15. The number of ketones is 1. The van der Waals surface area contributed by atoms with Crippen molar-refractivity contribution in [3.63, 3.8) is 0 Å². The van der Waals surface area contributed by atoms with Gasteiger partial charge >= 0.3 is 0 Å². The Morgan fingerprint density at radius 1 is 1.14 bits per heavy atom. The summed E-state index contributed by atoms with van der Waals surface area (Å²) < 4.78 is 8.22. The number of piperidine rings is 1. The van der Waals surface area contributed by atoms with Gasteiger partial charge < -0.3 is 14.4 Å². The standard InChI is InChI=1S/C29H27N3O3/c1-31-17-20(21-8-2-3-10-25(21)31)15-27-28(34)22-11-12-26(33)23(29(22)35-27)18-32-14-5-4-9-24(32)19-7-6-13-30-16-19/h2-3,6-8,10-13,15-17,24,33H,4-5,9,14,18H2,1H3/b27-15-/t24-/m0/s1. The van der Waals surface area contributed by atoms with Crippen LogP contribution < -0.4 is 4.74 Å². The van der Waals surface area contributed by atoms with Crippen LogP contribution in [0, 0.1) is 0 Å². The highest BCUT2D eigenvalue weighted by atomic mass is 16.5. The number of aromatic nitrogens is 2. The smallest absolute Gasteiger partial charge is 0.231 e. The fraction of sp³-hybridized carbons (Fsp3) is 0.241. The van der Waals surface area contributed by atoms with Gasteiger partial charge in [0.25, 0.3) is 0 Å². The Bertz CT molecular complexity index is 1460. The van der Waals surface area contributed by atoms with E-state index in [4.69, 9.17) is 4.74 Å². The van der Waals surface area contributed by atoms with E-state index in [-0.39, 0.29) is 23.3 Å². The molecule has 0 bridgehead atoms. The van der Waals surface area contributed by atoms with Crippen molar-refractivity contribution in [3.05, 3.63) is 95.1 Å². The molecule has 176 valence electrons. The van der Waals surface area contributed by atoms with E-state index < -0.39 is 0 Å². The molecule has 0 aliphatic carbocycles. The second-order valence-electron chi connectivity index (χ2n) is 9.36. The van der Waals surface area contributed by atoms with Crippen LogP contribution in [0.1, 0.15) is 52.4 Å². The van der Waals surface area contributed by atoms with Crippen LogP contribution in [0.25, 0.3) is 17.0 Å². The number of carbonyl (C=O) groups excluding carboxylic acids is 1. The Morgan fingerprint density at radius 3 is 2.89 bits per heavy atom. The molecule has 35 heavy (non-hydrogen) atoms. The van der Waals surface area contributed by atoms with Gasteiger partial charge in [0.15, 0.2) is 5.76 Å². The molecule has 0 unspecified atom stereocenters. The van der Waals surface area contributed by atoms with E-state index in [0.29, 0.717) is 23.4 Å². The highest BCUT2D eigenvalue weighted by Gasteiger charge is 2.33. The molecule has 2 aromatic carbocycles. The Hall–Kier alpha value is -3.90. The van der Waals surface area contributed by atoms with Crippen molar-refractivity contribution in [2.45, 2.75) is 31.8 Å². The van der Waals surface area contributed by atoms with Gasteiger partial charge in [0, 0.05) is 54.7 Å². The molecular weight excluding hydrogens is 438 g/mol. The number of Topliss-reactive ketones (excluding diaryl/α,β-unsaturated/α-hetero) is 1. The monoisotopic (exact) mass is 465 g/mol. The summed E-state index contributed by atoms with van der Waals surface area (Å²) in [4.78, 5) is 19.9. The van der Waals surface area contributed by atoms with Gasteiger partial charge in [-0.25, -0.2) is 0 Å². The van der Waals surface area contributed by atoms with Gasteiger partial charge in [-0.05, 0) is 55.3 Å². The first-order valence-electron chi connectivity index (χ1n) is 12.1. The minimum Gasteiger partial charge on any atom is -0.507 e. The number of hydrogen-bond donors (Lipinski definition) is 1. The van der Waals surface area contributed by atoms with Gasteiger partial charge in [0.05, 0.1) is 11.1 Å². The molecule has 0 spiro atoms. The van der Waals surface area contributed by atoms with Crippen molar-refractivity contribution in [2.24, 2.45) is 7.05 Å². The number of benzene rings is 2. The van der Waals surface area contributed by atoms with Gasteiger partial charge in [0.1, 0.15) is 11.5 Å². The van der Waals surface area contributed by atoms with E-state index in [1.54, 1.807) is 18.3 Å². The minimum absolute atomic E-state index is 0.151. The van der Waals surface area contributed by atoms with Crippen molar-refractivity contribution < 1.29 is 14.6 Å². The summed E-state index contributed by atoms with van der Waals surface area (Å²) in [5.74, 6) is 0.748. The summed E-state index contributed by atoms with van der Waals surface area (Å²) in [5.41, 5.74) is 4.35. The number of carbonyl (C=O) groups is 1. The molecule has 0 amide bonds. The molecule has 1 N–H and O–H groups in total. The Labute approximate surface area is 204 Å². The van der Waals surface area contributed by atoms with Crippen molar-refractivity contribution in [2.75, 3.05) is 6.54 Å². The average Bonchev–Trinajstić information content (AvgIpc) is 3.38. The number of nitrogens with zero attached hydrogens (tertiary/aromatic N) is 3. The third kappa shape index (κ3) is 3.80. The summed E-state index contributed by atoms with van der Waals surface area (Å²) in [6.07, 6.45) is 10.8. The molecular formula is C29H27N3O3. The summed E-state index contributed by atoms with van der Waals surface area (Å²) >= 11 is 0. The topological polar surface area (TPSA) is 67.6 Å². The number of allylic oxidation sites excluding steroid dienone is 1. The van der Waals surface area contributed by atoms with Gasteiger partial charge in [-0.15, -0.1) is 0 Å². The second kappa shape index (κ2) is 8.71. The summed E-state index contributed by atoms with van der Waals surface area (Å²) in [6.45, 7) is 1.42.